The monoisotopic (exact) mass is 181 g/mol. The summed E-state index contributed by atoms with van der Waals surface area (Å²) in [4.78, 5) is 19.0. The van der Waals surface area contributed by atoms with Crippen LogP contribution in [0.3, 0.4) is 0 Å². The van der Waals surface area contributed by atoms with Gasteiger partial charge in [0.25, 0.3) is 0 Å². The van der Waals surface area contributed by atoms with Crippen LogP contribution < -0.4 is 5.73 Å². The highest BCUT2D eigenvalue weighted by Crippen LogP contribution is 2.13. The van der Waals surface area contributed by atoms with Crippen LogP contribution in [0.15, 0.2) is 0 Å². The zero-order valence-corrected chi connectivity index (χ0v) is 7.79. The zero-order chi connectivity index (χ0) is 10.0. The van der Waals surface area contributed by atoms with Crippen molar-refractivity contribution in [3.8, 4) is 0 Å². The Bertz CT molecular complexity index is 349. The van der Waals surface area contributed by atoms with Gasteiger partial charge in [-0.3, -0.25) is 0 Å². The van der Waals surface area contributed by atoms with Crippen molar-refractivity contribution in [1.82, 2.24) is 9.97 Å². The minimum Gasteiger partial charge on any atom is -0.464 e. The fourth-order valence-electron chi connectivity index (χ4n) is 0.974. The van der Waals surface area contributed by atoms with Crippen molar-refractivity contribution in [2.45, 2.75) is 13.8 Å². The van der Waals surface area contributed by atoms with Gasteiger partial charge in [-0.1, -0.05) is 0 Å². The first-order valence-electron chi connectivity index (χ1n) is 3.75. The summed E-state index contributed by atoms with van der Waals surface area (Å²) in [6.07, 6.45) is 0. The van der Waals surface area contributed by atoms with Gasteiger partial charge < -0.3 is 10.5 Å². The van der Waals surface area contributed by atoms with Crippen molar-refractivity contribution in [1.29, 1.82) is 0 Å². The molecule has 1 aromatic rings. The molecule has 0 saturated carbocycles. The molecule has 1 aromatic heterocycles. The van der Waals surface area contributed by atoms with E-state index >= 15 is 0 Å². The quantitative estimate of drug-likeness (QED) is 0.637. The molecule has 0 amide bonds. The summed E-state index contributed by atoms with van der Waals surface area (Å²) < 4.78 is 4.52. The summed E-state index contributed by atoms with van der Waals surface area (Å²) in [5, 5.41) is 0. The number of hydrogen-bond acceptors (Lipinski definition) is 5. The van der Waals surface area contributed by atoms with Gasteiger partial charge in [0, 0.05) is 0 Å². The topological polar surface area (TPSA) is 78.1 Å². The molecule has 0 aliphatic carbocycles. The van der Waals surface area contributed by atoms with Crippen molar-refractivity contribution in [3.05, 3.63) is 17.2 Å². The maximum absolute atomic E-state index is 11.1. The van der Waals surface area contributed by atoms with E-state index in [0.29, 0.717) is 11.5 Å². The third-order valence-electron chi connectivity index (χ3n) is 1.63. The second kappa shape index (κ2) is 3.38. The molecular weight excluding hydrogens is 170 g/mol. The standard InChI is InChI=1S/C8H11N3O2/c1-4-6(9)7(8(12)13-3)11-5(2)10-4/h9H2,1-3H3. The molecule has 2 N–H and O–H groups in total. The van der Waals surface area contributed by atoms with Crippen LogP contribution in [0.1, 0.15) is 22.0 Å². The minimum atomic E-state index is -0.536. The van der Waals surface area contributed by atoms with Gasteiger partial charge >= 0.3 is 5.97 Å². The van der Waals surface area contributed by atoms with Gasteiger partial charge in [0.15, 0.2) is 5.69 Å². The number of aryl methyl sites for hydroxylation is 2. The van der Waals surface area contributed by atoms with E-state index in [-0.39, 0.29) is 11.4 Å². The van der Waals surface area contributed by atoms with E-state index in [1.165, 1.54) is 7.11 Å². The van der Waals surface area contributed by atoms with E-state index in [4.69, 9.17) is 5.73 Å². The molecule has 0 aliphatic rings. The fourth-order valence-corrected chi connectivity index (χ4v) is 0.974. The average Bonchev–Trinajstić information content (AvgIpc) is 2.10. The van der Waals surface area contributed by atoms with Crippen LogP contribution in [-0.2, 0) is 4.74 Å². The number of aromatic nitrogens is 2. The van der Waals surface area contributed by atoms with Gasteiger partial charge in [-0.05, 0) is 13.8 Å². The lowest BCUT2D eigenvalue weighted by atomic mass is 10.2. The van der Waals surface area contributed by atoms with Crippen molar-refractivity contribution in [2.75, 3.05) is 12.8 Å². The number of methoxy groups -OCH3 is 1. The van der Waals surface area contributed by atoms with E-state index in [9.17, 15) is 4.79 Å². The molecule has 1 rings (SSSR count). The fraction of sp³-hybridized carbons (Fsp3) is 0.375. The summed E-state index contributed by atoms with van der Waals surface area (Å²) in [6.45, 7) is 3.41. The predicted octanol–water partition coefficient (Wildman–Crippen LogP) is 0.462. The molecule has 0 radical (unpaired) electrons. The average molecular weight is 181 g/mol. The van der Waals surface area contributed by atoms with Gasteiger partial charge in [0.1, 0.15) is 5.82 Å². The molecule has 1 heterocycles. The number of nitrogen functional groups attached to an aromatic ring is 1. The summed E-state index contributed by atoms with van der Waals surface area (Å²) in [6, 6.07) is 0. The molecule has 0 bridgehead atoms. The van der Waals surface area contributed by atoms with Crippen molar-refractivity contribution in [2.24, 2.45) is 0 Å². The second-order valence-electron chi connectivity index (χ2n) is 2.61. The molecule has 5 nitrogen and oxygen atoms in total. The number of hydrogen-bond donors (Lipinski definition) is 1. The highest BCUT2D eigenvalue weighted by Gasteiger charge is 2.14. The van der Waals surface area contributed by atoms with Crippen molar-refractivity contribution >= 4 is 11.7 Å². The molecule has 0 aliphatic heterocycles. The molecule has 70 valence electrons. The Labute approximate surface area is 75.9 Å². The first-order chi connectivity index (χ1) is 6.06. The molecule has 13 heavy (non-hydrogen) atoms. The summed E-state index contributed by atoms with van der Waals surface area (Å²) in [5.41, 5.74) is 6.60. The zero-order valence-electron chi connectivity index (χ0n) is 7.79. The molecule has 0 spiro atoms. The highest BCUT2D eigenvalue weighted by atomic mass is 16.5. The van der Waals surface area contributed by atoms with E-state index in [1.54, 1.807) is 13.8 Å². The Morgan fingerprint density at radius 2 is 2.00 bits per heavy atom. The van der Waals surface area contributed by atoms with Gasteiger partial charge in [-0.25, -0.2) is 14.8 Å². The molecule has 0 unspecified atom stereocenters. The lowest BCUT2D eigenvalue weighted by Crippen LogP contribution is -2.12. The molecule has 0 saturated heterocycles. The Kier molecular flexibility index (Phi) is 2.46. The maximum atomic E-state index is 11.1. The van der Waals surface area contributed by atoms with Gasteiger partial charge in [0.2, 0.25) is 0 Å². The van der Waals surface area contributed by atoms with E-state index in [2.05, 4.69) is 14.7 Å². The number of nitrogens with two attached hydrogens (primary N) is 1. The molecule has 5 heteroatoms. The van der Waals surface area contributed by atoms with Gasteiger partial charge in [-0.15, -0.1) is 0 Å². The lowest BCUT2D eigenvalue weighted by molar-refractivity contribution is 0.0594. The number of carbonyl (C=O) groups is 1. The third-order valence-corrected chi connectivity index (χ3v) is 1.63. The van der Waals surface area contributed by atoms with Crippen LogP contribution in [-0.4, -0.2) is 23.0 Å². The summed E-state index contributed by atoms with van der Waals surface area (Å²) in [5.74, 6) is -0.0294. The summed E-state index contributed by atoms with van der Waals surface area (Å²) in [7, 11) is 1.29. The smallest absolute Gasteiger partial charge is 0.358 e. The van der Waals surface area contributed by atoms with Crippen molar-refractivity contribution in [3.63, 3.8) is 0 Å². The molecule has 0 aromatic carbocycles. The van der Waals surface area contributed by atoms with Crippen LogP contribution >= 0.6 is 0 Å². The Morgan fingerprint density at radius 1 is 1.38 bits per heavy atom. The van der Waals surface area contributed by atoms with E-state index in [0.717, 1.165) is 0 Å². The van der Waals surface area contributed by atoms with Crippen LogP contribution in [0.5, 0.6) is 0 Å². The second-order valence-corrected chi connectivity index (χ2v) is 2.61. The lowest BCUT2D eigenvalue weighted by Gasteiger charge is -2.05. The largest absolute Gasteiger partial charge is 0.464 e. The number of rotatable bonds is 1. The van der Waals surface area contributed by atoms with Crippen LogP contribution in [0, 0.1) is 13.8 Å². The van der Waals surface area contributed by atoms with Crippen LogP contribution in [0.4, 0.5) is 5.69 Å². The maximum Gasteiger partial charge on any atom is 0.358 e. The van der Waals surface area contributed by atoms with Crippen LogP contribution in [0.25, 0.3) is 0 Å². The van der Waals surface area contributed by atoms with Crippen molar-refractivity contribution < 1.29 is 9.53 Å². The normalized spacial score (nSPS) is 9.77. The number of nitrogens with zero attached hydrogens (tertiary/aromatic N) is 2. The third kappa shape index (κ3) is 1.74. The number of ether oxygens (including phenoxy) is 1. The summed E-state index contributed by atoms with van der Waals surface area (Å²) >= 11 is 0. The van der Waals surface area contributed by atoms with E-state index < -0.39 is 5.97 Å². The molecular formula is C8H11N3O2. The number of carbonyl (C=O) groups excluding carboxylic acids is 1. The molecule has 0 fully saturated rings. The number of esters is 1. The van der Waals surface area contributed by atoms with Gasteiger partial charge in [-0.2, -0.15) is 0 Å². The number of anilines is 1. The van der Waals surface area contributed by atoms with Crippen LogP contribution in [0.2, 0.25) is 0 Å². The Morgan fingerprint density at radius 3 is 2.54 bits per heavy atom. The Balaban J connectivity index is 3.28. The first-order valence-corrected chi connectivity index (χ1v) is 3.75. The van der Waals surface area contributed by atoms with Gasteiger partial charge in [0.05, 0.1) is 18.5 Å². The minimum absolute atomic E-state index is 0.132. The van der Waals surface area contributed by atoms with E-state index in [1.807, 2.05) is 0 Å². The predicted molar refractivity (Wildman–Crippen MR) is 47.3 cm³/mol. The first kappa shape index (κ1) is 9.44. The Hall–Kier alpha value is -1.65. The molecule has 0 atom stereocenters. The highest BCUT2D eigenvalue weighted by molar-refractivity contribution is 5.93. The SMILES string of the molecule is COC(=O)c1nc(C)nc(C)c1N.